The number of piperidine rings is 1. The molecule has 0 atom stereocenters. The van der Waals surface area contributed by atoms with Crippen molar-refractivity contribution in [3.05, 3.63) is 59.2 Å². The van der Waals surface area contributed by atoms with Crippen molar-refractivity contribution in [2.24, 2.45) is 0 Å². The number of hydrogen-bond acceptors (Lipinski definition) is 5. The summed E-state index contributed by atoms with van der Waals surface area (Å²) in [6, 6.07) is 11.3. The fourth-order valence-corrected chi connectivity index (χ4v) is 3.54. The average Bonchev–Trinajstić information content (AvgIpc) is 3.27. The lowest BCUT2D eigenvalue weighted by molar-refractivity contribution is 0.187. The van der Waals surface area contributed by atoms with Gasteiger partial charge < -0.3 is 19.5 Å². The molecular formula is C21H20ClFN4O3. The van der Waals surface area contributed by atoms with Crippen LogP contribution in [0, 0.1) is 5.82 Å². The molecule has 0 aliphatic carbocycles. The van der Waals surface area contributed by atoms with Gasteiger partial charge in [-0.1, -0.05) is 16.8 Å². The number of carbonyl (C=O) groups is 1. The molecule has 2 amide bonds. The van der Waals surface area contributed by atoms with Gasteiger partial charge in [0.05, 0.1) is 12.1 Å². The summed E-state index contributed by atoms with van der Waals surface area (Å²) in [6.45, 7) is 1.09. The van der Waals surface area contributed by atoms with Crippen LogP contribution in [-0.2, 0) is 0 Å². The van der Waals surface area contributed by atoms with E-state index in [1.807, 2.05) is 24.3 Å². The van der Waals surface area contributed by atoms with Crippen molar-refractivity contribution in [2.75, 3.05) is 25.5 Å². The van der Waals surface area contributed by atoms with Crippen LogP contribution in [-0.4, -0.2) is 41.3 Å². The van der Waals surface area contributed by atoms with Crippen LogP contribution in [0.15, 0.2) is 47.0 Å². The van der Waals surface area contributed by atoms with Gasteiger partial charge in [-0.15, -0.1) is 0 Å². The zero-order chi connectivity index (χ0) is 21.1. The van der Waals surface area contributed by atoms with Gasteiger partial charge in [-0.25, -0.2) is 9.18 Å². The van der Waals surface area contributed by atoms with E-state index in [-0.39, 0.29) is 17.0 Å². The molecule has 1 fully saturated rings. The number of likely N-dealkylation sites (tertiary alicyclic amines) is 1. The van der Waals surface area contributed by atoms with E-state index >= 15 is 0 Å². The SMILES string of the molecule is COc1ccc(-c2noc(C3CCN(C(=O)Nc4ccc(F)c(Cl)c4)CC3)n2)cc1. The maximum Gasteiger partial charge on any atom is 0.321 e. The maximum atomic E-state index is 13.3. The minimum absolute atomic E-state index is 0.0319. The molecule has 0 unspecified atom stereocenters. The molecule has 7 nitrogen and oxygen atoms in total. The molecule has 1 aromatic heterocycles. The summed E-state index contributed by atoms with van der Waals surface area (Å²) in [5.74, 6) is 1.43. The number of nitrogens with zero attached hydrogens (tertiary/aromatic N) is 3. The van der Waals surface area contributed by atoms with E-state index in [1.165, 1.54) is 18.2 Å². The summed E-state index contributed by atoms with van der Waals surface area (Å²) in [4.78, 5) is 18.7. The van der Waals surface area contributed by atoms with E-state index in [4.69, 9.17) is 20.9 Å². The zero-order valence-electron chi connectivity index (χ0n) is 16.3. The third-order valence-electron chi connectivity index (χ3n) is 5.09. The van der Waals surface area contributed by atoms with Crippen LogP contribution in [0.1, 0.15) is 24.7 Å². The van der Waals surface area contributed by atoms with Crippen molar-refractivity contribution >= 4 is 23.3 Å². The number of halogens is 2. The van der Waals surface area contributed by atoms with Crippen molar-refractivity contribution in [3.8, 4) is 17.1 Å². The zero-order valence-corrected chi connectivity index (χ0v) is 17.0. The molecule has 0 spiro atoms. The molecule has 1 N–H and O–H groups in total. The predicted molar refractivity (Wildman–Crippen MR) is 110 cm³/mol. The van der Waals surface area contributed by atoms with Crippen molar-refractivity contribution in [1.82, 2.24) is 15.0 Å². The lowest BCUT2D eigenvalue weighted by Crippen LogP contribution is -2.40. The van der Waals surface area contributed by atoms with E-state index in [0.717, 1.165) is 11.3 Å². The number of rotatable bonds is 4. The van der Waals surface area contributed by atoms with Crippen LogP contribution in [0.25, 0.3) is 11.4 Å². The Balaban J connectivity index is 1.34. The van der Waals surface area contributed by atoms with E-state index in [9.17, 15) is 9.18 Å². The topological polar surface area (TPSA) is 80.5 Å². The van der Waals surface area contributed by atoms with Gasteiger partial charge in [-0.2, -0.15) is 4.98 Å². The van der Waals surface area contributed by atoms with Gasteiger partial charge in [0.1, 0.15) is 11.6 Å². The van der Waals surface area contributed by atoms with Crippen molar-refractivity contribution in [3.63, 3.8) is 0 Å². The number of amides is 2. The minimum atomic E-state index is -0.524. The van der Waals surface area contributed by atoms with Crippen LogP contribution in [0.3, 0.4) is 0 Å². The molecule has 0 radical (unpaired) electrons. The molecule has 1 aliphatic heterocycles. The minimum Gasteiger partial charge on any atom is -0.497 e. The first-order valence-corrected chi connectivity index (χ1v) is 9.90. The molecule has 0 bridgehead atoms. The normalized spacial score (nSPS) is 14.6. The molecule has 0 saturated carbocycles. The first kappa shape index (κ1) is 20.2. The van der Waals surface area contributed by atoms with Gasteiger partial charge in [-0.3, -0.25) is 0 Å². The second kappa shape index (κ2) is 8.71. The number of urea groups is 1. The molecular weight excluding hydrogens is 411 g/mol. The van der Waals surface area contributed by atoms with E-state index in [0.29, 0.717) is 43.3 Å². The Bertz CT molecular complexity index is 1030. The van der Waals surface area contributed by atoms with Crippen LogP contribution < -0.4 is 10.1 Å². The number of aromatic nitrogens is 2. The third kappa shape index (κ3) is 4.38. The summed E-state index contributed by atoms with van der Waals surface area (Å²) < 4.78 is 23.9. The first-order valence-electron chi connectivity index (χ1n) is 9.52. The van der Waals surface area contributed by atoms with Crippen LogP contribution in [0.5, 0.6) is 5.75 Å². The molecule has 1 saturated heterocycles. The van der Waals surface area contributed by atoms with Crippen LogP contribution in [0.2, 0.25) is 5.02 Å². The summed E-state index contributed by atoms with van der Waals surface area (Å²) in [5.41, 5.74) is 1.30. The fourth-order valence-electron chi connectivity index (χ4n) is 3.36. The highest BCUT2D eigenvalue weighted by Gasteiger charge is 2.27. The monoisotopic (exact) mass is 430 g/mol. The Morgan fingerprint density at radius 1 is 1.23 bits per heavy atom. The maximum absolute atomic E-state index is 13.3. The molecule has 2 aromatic carbocycles. The number of benzene rings is 2. The lowest BCUT2D eigenvalue weighted by Gasteiger charge is -2.30. The summed E-state index contributed by atoms with van der Waals surface area (Å²) in [6.07, 6.45) is 1.42. The predicted octanol–water partition coefficient (Wildman–Crippen LogP) is 4.95. The Morgan fingerprint density at radius 2 is 1.97 bits per heavy atom. The van der Waals surface area contributed by atoms with Gasteiger partial charge >= 0.3 is 6.03 Å². The fraction of sp³-hybridized carbons (Fsp3) is 0.286. The van der Waals surface area contributed by atoms with Gasteiger partial charge in [0.2, 0.25) is 11.7 Å². The van der Waals surface area contributed by atoms with E-state index in [1.54, 1.807) is 12.0 Å². The lowest BCUT2D eigenvalue weighted by atomic mass is 9.97. The second-order valence-electron chi connectivity index (χ2n) is 7.01. The Kier molecular flexibility index (Phi) is 5.85. The van der Waals surface area contributed by atoms with Crippen LogP contribution >= 0.6 is 11.6 Å². The van der Waals surface area contributed by atoms with Gasteiger partial charge in [-0.05, 0) is 55.3 Å². The second-order valence-corrected chi connectivity index (χ2v) is 7.41. The van der Waals surface area contributed by atoms with E-state index in [2.05, 4.69) is 15.5 Å². The van der Waals surface area contributed by atoms with Gasteiger partial charge in [0.15, 0.2) is 0 Å². The average molecular weight is 431 g/mol. The Labute approximate surface area is 177 Å². The van der Waals surface area contributed by atoms with E-state index < -0.39 is 5.82 Å². The number of ether oxygens (including phenoxy) is 1. The van der Waals surface area contributed by atoms with Crippen molar-refractivity contribution in [2.45, 2.75) is 18.8 Å². The van der Waals surface area contributed by atoms with Crippen molar-refractivity contribution < 1.29 is 18.4 Å². The largest absolute Gasteiger partial charge is 0.497 e. The molecule has 2 heterocycles. The number of anilines is 1. The van der Waals surface area contributed by atoms with Crippen molar-refractivity contribution in [1.29, 1.82) is 0 Å². The summed E-state index contributed by atoms with van der Waals surface area (Å²) in [7, 11) is 1.61. The standard InChI is InChI=1S/C21H20ClFN4O3/c1-29-16-5-2-13(3-6-16)19-25-20(30-26-19)14-8-10-27(11-9-14)21(28)24-15-4-7-18(23)17(22)12-15/h2-7,12,14H,8-11H2,1H3,(H,24,28). The molecule has 30 heavy (non-hydrogen) atoms. The molecule has 3 aromatic rings. The van der Waals surface area contributed by atoms with Crippen LogP contribution in [0.4, 0.5) is 14.9 Å². The third-order valence-corrected chi connectivity index (χ3v) is 5.38. The molecule has 4 rings (SSSR count). The Morgan fingerprint density at radius 3 is 2.63 bits per heavy atom. The highest BCUT2D eigenvalue weighted by atomic mass is 35.5. The molecule has 1 aliphatic rings. The number of hydrogen-bond donors (Lipinski definition) is 1. The quantitative estimate of drug-likeness (QED) is 0.633. The number of nitrogens with one attached hydrogen (secondary N) is 1. The van der Waals surface area contributed by atoms with Gasteiger partial charge in [0, 0.05) is 30.3 Å². The number of methoxy groups -OCH3 is 1. The number of carbonyl (C=O) groups excluding carboxylic acids is 1. The molecule has 156 valence electrons. The summed E-state index contributed by atoms with van der Waals surface area (Å²) in [5, 5.41) is 6.79. The Hall–Kier alpha value is -3.13. The first-order chi connectivity index (χ1) is 14.5. The molecule has 9 heteroatoms. The highest BCUT2D eigenvalue weighted by molar-refractivity contribution is 6.31. The summed E-state index contributed by atoms with van der Waals surface area (Å²) >= 11 is 5.76. The van der Waals surface area contributed by atoms with Gasteiger partial charge in [0.25, 0.3) is 0 Å². The highest BCUT2D eigenvalue weighted by Crippen LogP contribution is 2.29. The smallest absolute Gasteiger partial charge is 0.321 e.